The van der Waals surface area contributed by atoms with Crippen molar-refractivity contribution in [2.24, 2.45) is 0 Å². The van der Waals surface area contributed by atoms with Crippen LogP contribution in [0.1, 0.15) is 16.1 Å². The highest BCUT2D eigenvalue weighted by atomic mass is 32.1. The molecule has 2 N–H and O–H groups in total. The van der Waals surface area contributed by atoms with Gasteiger partial charge in [0, 0.05) is 43.1 Å². The third-order valence-electron chi connectivity index (χ3n) is 3.89. The van der Waals surface area contributed by atoms with Crippen molar-refractivity contribution in [1.29, 1.82) is 0 Å². The maximum atomic E-state index is 10.6. The third-order valence-corrected chi connectivity index (χ3v) is 4.88. The van der Waals surface area contributed by atoms with E-state index in [4.69, 9.17) is 5.73 Å². The number of nitro groups is 1. The van der Waals surface area contributed by atoms with Crippen molar-refractivity contribution in [2.45, 2.75) is 12.8 Å². The number of nitro benzene ring substituents is 1. The Labute approximate surface area is 138 Å². The van der Waals surface area contributed by atoms with Crippen LogP contribution in [0.3, 0.4) is 0 Å². The summed E-state index contributed by atoms with van der Waals surface area (Å²) in [6.07, 6.45) is 6.03. The first-order valence-electron chi connectivity index (χ1n) is 7.49. The highest BCUT2D eigenvalue weighted by Gasteiger charge is 2.16. The normalized spacial score (nSPS) is 15.5. The Hall–Kier alpha value is -2.25. The van der Waals surface area contributed by atoms with Crippen molar-refractivity contribution in [3.05, 3.63) is 56.6 Å². The fraction of sp³-hybridized carbons (Fsp3) is 0.312. The highest BCUT2D eigenvalue weighted by Crippen LogP contribution is 2.24. The van der Waals surface area contributed by atoms with Crippen molar-refractivity contribution in [1.82, 2.24) is 9.88 Å². The quantitative estimate of drug-likeness (QED) is 0.688. The molecule has 120 valence electrons. The van der Waals surface area contributed by atoms with Crippen molar-refractivity contribution in [3.63, 3.8) is 0 Å². The van der Waals surface area contributed by atoms with Crippen LogP contribution in [-0.2, 0) is 12.8 Å². The molecule has 1 aromatic carbocycles. The van der Waals surface area contributed by atoms with Gasteiger partial charge in [0.25, 0.3) is 5.69 Å². The second kappa shape index (κ2) is 6.89. The molecule has 7 heteroatoms. The Morgan fingerprint density at radius 2 is 2.04 bits per heavy atom. The smallest absolute Gasteiger partial charge is 0.269 e. The fourth-order valence-corrected chi connectivity index (χ4v) is 3.52. The molecule has 3 rings (SSSR count). The summed E-state index contributed by atoms with van der Waals surface area (Å²) in [7, 11) is 0. The van der Waals surface area contributed by atoms with Crippen molar-refractivity contribution in [2.75, 3.05) is 25.4 Å². The summed E-state index contributed by atoms with van der Waals surface area (Å²) < 4.78 is 0. The third kappa shape index (κ3) is 3.94. The number of non-ortho nitro benzene ring substituents is 1. The number of benzene rings is 1. The van der Waals surface area contributed by atoms with Crippen LogP contribution in [0, 0.1) is 10.1 Å². The molecule has 1 aliphatic heterocycles. The van der Waals surface area contributed by atoms with Crippen LogP contribution in [-0.4, -0.2) is 34.4 Å². The van der Waals surface area contributed by atoms with E-state index in [9.17, 15) is 10.1 Å². The second-order valence-corrected chi connectivity index (χ2v) is 6.59. The molecule has 0 saturated carbocycles. The van der Waals surface area contributed by atoms with E-state index >= 15 is 0 Å². The molecule has 2 aromatic rings. The van der Waals surface area contributed by atoms with E-state index in [1.165, 1.54) is 17.0 Å². The van der Waals surface area contributed by atoms with Crippen LogP contribution in [0.25, 0.3) is 6.08 Å². The zero-order valence-electron chi connectivity index (χ0n) is 12.6. The molecule has 2 heterocycles. The average molecular weight is 330 g/mol. The zero-order valence-corrected chi connectivity index (χ0v) is 13.5. The number of hydrogen-bond donors (Lipinski definition) is 1. The van der Waals surface area contributed by atoms with Crippen LogP contribution in [0.4, 0.5) is 10.8 Å². The van der Waals surface area contributed by atoms with Crippen molar-refractivity contribution >= 4 is 28.2 Å². The summed E-state index contributed by atoms with van der Waals surface area (Å²) in [4.78, 5) is 18.3. The lowest BCUT2D eigenvalue weighted by atomic mass is 10.2. The van der Waals surface area contributed by atoms with Gasteiger partial charge in [-0.05, 0) is 24.1 Å². The summed E-state index contributed by atoms with van der Waals surface area (Å²) in [6, 6.07) is 6.59. The van der Waals surface area contributed by atoms with Gasteiger partial charge in [0.1, 0.15) is 0 Å². The van der Waals surface area contributed by atoms with E-state index in [0.717, 1.165) is 43.7 Å². The molecule has 0 aliphatic carbocycles. The minimum absolute atomic E-state index is 0.118. The van der Waals surface area contributed by atoms with Crippen LogP contribution in [0.5, 0.6) is 0 Å². The van der Waals surface area contributed by atoms with Gasteiger partial charge in [-0.1, -0.05) is 12.2 Å². The maximum Gasteiger partial charge on any atom is 0.269 e. The first-order valence-corrected chi connectivity index (χ1v) is 8.31. The maximum absolute atomic E-state index is 10.6. The SMILES string of the molecule is Nc1nc2c(s1)CCN(C/C=C/c1ccc([N+](=O)[O-])cc1)CC2. The molecule has 0 fully saturated rings. The summed E-state index contributed by atoms with van der Waals surface area (Å²) in [5.74, 6) is 0. The lowest BCUT2D eigenvalue weighted by molar-refractivity contribution is -0.384. The predicted molar refractivity (Wildman–Crippen MR) is 92.5 cm³/mol. The molecule has 6 nitrogen and oxygen atoms in total. The molecular formula is C16H18N4O2S. The fourth-order valence-electron chi connectivity index (χ4n) is 2.66. The van der Waals surface area contributed by atoms with Crippen LogP contribution < -0.4 is 5.73 Å². The van der Waals surface area contributed by atoms with E-state index in [2.05, 4.69) is 16.0 Å². The summed E-state index contributed by atoms with van der Waals surface area (Å²) >= 11 is 1.60. The minimum Gasteiger partial charge on any atom is -0.375 e. The van der Waals surface area contributed by atoms with E-state index in [0.29, 0.717) is 5.13 Å². The van der Waals surface area contributed by atoms with Crippen LogP contribution >= 0.6 is 11.3 Å². The monoisotopic (exact) mass is 330 g/mol. The Kier molecular flexibility index (Phi) is 4.68. The molecule has 1 aromatic heterocycles. The van der Waals surface area contributed by atoms with Gasteiger partial charge in [-0.2, -0.15) is 0 Å². The zero-order chi connectivity index (χ0) is 16.2. The Morgan fingerprint density at radius 3 is 2.78 bits per heavy atom. The van der Waals surface area contributed by atoms with Gasteiger partial charge in [0.05, 0.1) is 10.6 Å². The van der Waals surface area contributed by atoms with Crippen LogP contribution in [0.15, 0.2) is 30.3 Å². The van der Waals surface area contributed by atoms with E-state index < -0.39 is 0 Å². The predicted octanol–water partition coefficient (Wildman–Crippen LogP) is 2.75. The Morgan fingerprint density at radius 1 is 1.30 bits per heavy atom. The van der Waals surface area contributed by atoms with Gasteiger partial charge < -0.3 is 5.73 Å². The minimum atomic E-state index is -0.385. The van der Waals surface area contributed by atoms with Gasteiger partial charge in [-0.25, -0.2) is 4.98 Å². The number of hydrogen-bond acceptors (Lipinski definition) is 6. The van der Waals surface area contributed by atoms with Gasteiger partial charge in [0.2, 0.25) is 0 Å². The van der Waals surface area contributed by atoms with E-state index in [1.807, 2.05) is 6.08 Å². The largest absolute Gasteiger partial charge is 0.375 e. The molecule has 1 aliphatic rings. The molecule has 23 heavy (non-hydrogen) atoms. The number of nitrogens with two attached hydrogens (primary N) is 1. The Bertz CT molecular complexity index is 699. The molecular weight excluding hydrogens is 312 g/mol. The molecule has 0 atom stereocenters. The van der Waals surface area contributed by atoms with Crippen molar-refractivity contribution in [3.8, 4) is 0 Å². The standard InChI is InChI=1S/C16H18N4O2S/c17-16-18-14-7-10-19(11-8-15(14)23-16)9-1-2-12-3-5-13(6-4-12)20(21)22/h1-6H,7-11H2,(H2,17,18)/b2-1+. The number of nitrogens with zero attached hydrogens (tertiary/aromatic N) is 3. The number of nitrogen functional groups attached to an aromatic ring is 1. The molecule has 0 radical (unpaired) electrons. The molecule has 0 amide bonds. The Balaban J connectivity index is 1.54. The summed E-state index contributed by atoms with van der Waals surface area (Å²) in [5.41, 5.74) is 8.00. The number of thiazole rings is 1. The van der Waals surface area contributed by atoms with Gasteiger partial charge in [-0.15, -0.1) is 11.3 Å². The molecule has 0 spiro atoms. The lowest BCUT2D eigenvalue weighted by Gasteiger charge is -2.17. The van der Waals surface area contributed by atoms with Crippen molar-refractivity contribution < 1.29 is 4.92 Å². The van der Waals surface area contributed by atoms with Gasteiger partial charge in [-0.3, -0.25) is 15.0 Å². The topological polar surface area (TPSA) is 85.3 Å². The highest BCUT2D eigenvalue weighted by molar-refractivity contribution is 7.15. The molecule has 0 bridgehead atoms. The second-order valence-electron chi connectivity index (χ2n) is 5.47. The van der Waals surface area contributed by atoms with Gasteiger partial charge in [0.15, 0.2) is 5.13 Å². The number of anilines is 1. The van der Waals surface area contributed by atoms with Gasteiger partial charge >= 0.3 is 0 Å². The average Bonchev–Trinajstić information content (AvgIpc) is 2.79. The molecule has 0 saturated heterocycles. The number of rotatable bonds is 4. The number of fused-ring (bicyclic) bond motifs is 1. The van der Waals surface area contributed by atoms with E-state index in [1.54, 1.807) is 23.5 Å². The first-order chi connectivity index (χ1) is 11.1. The lowest BCUT2D eigenvalue weighted by Crippen LogP contribution is -2.26. The van der Waals surface area contributed by atoms with Crippen LogP contribution in [0.2, 0.25) is 0 Å². The summed E-state index contributed by atoms with van der Waals surface area (Å²) in [6.45, 7) is 2.83. The molecule has 0 unspecified atom stereocenters. The number of aromatic nitrogens is 1. The van der Waals surface area contributed by atoms with E-state index in [-0.39, 0.29) is 10.6 Å². The first kappa shape index (κ1) is 15.6. The summed E-state index contributed by atoms with van der Waals surface area (Å²) in [5, 5.41) is 11.3.